The number of aromatic hydroxyl groups is 3. The van der Waals surface area contributed by atoms with Crippen molar-refractivity contribution in [1.82, 2.24) is 0 Å². The van der Waals surface area contributed by atoms with Crippen molar-refractivity contribution >= 4 is 7.82 Å². The Hall–Kier alpha value is -3.43. The Balaban J connectivity index is 1.63. The molecule has 0 aromatic heterocycles. The van der Waals surface area contributed by atoms with Crippen LogP contribution in [0, 0.1) is 0 Å². The van der Waals surface area contributed by atoms with Gasteiger partial charge in [-0.1, -0.05) is 18.2 Å². The molecule has 0 bridgehead atoms. The van der Waals surface area contributed by atoms with Gasteiger partial charge in [-0.3, -0.25) is 13.6 Å². The highest BCUT2D eigenvalue weighted by atomic mass is 31.2. The van der Waals surface area contributed by atoms with Crippen LogP contribution in [0.3, 0.4) is 0 Å². The summed E-state index contributed by atoms with van der Waals surface area (Å²) >= 11 is 0. The Kier molecular flexibility index (Phi) is 10.7. The van der Waals surface area contributed by atoms with E-state index in [1.54, 1.807) is 36.4 Å². The molecule has 0 spiro atoms. The van der Waals surface area contributed by atoms with Crippen molar-refractivity contribution < 1.29 is 47.7 Å². The summed E-state index contributed by atoms with van der Waals surface area (Å²) in [5, 5.41) is 29.4. The number of phenolic OH excluding ortho intramolecular Hbond substituents is 3. The first-order valence-corrected chi connectivity index (χ1v) is 13.3. The second kappa shape index (κ2) is 13.9. The Morgan fingerprint density at radius 3 is 1.11 bits per heavy atom. The van der Waals surface area contributed by atoms with E-state index in [4.69, 9.17) is 27.8 Å². The van der Waals surface area contributed by atoms with E-state index in [0.717, 1.165) is 16.7 Å². The van der Waals surface area contributed by atoms with Crippen molar-refractivity contribution in [3.8, 4) is 34.5 Å². The van der Waals surface area contributed by atoms with Crippen LogP contribution in [0.4, 0.5) is 0 Å². The van der Waals surface area contributed by atoms with Crippen molar-refractivity contribution in [2.75, 3.05) is 41.2 Å². The average molecular weight is 549 g/mol. The lowest BCUT2D eigenvalue weighted by molar-refractivity contribution is 0.116. The van der Waals surface area contributed by atoms with Gasteiger partial charge in [0.05, 0.1) is 41.2 Å². The topological polar surface area (TPSA) is 133 Å². The number of hydrogen-bond acceptors (Lipinski definition) is 10. The second-order valence-electron chi connectivity index (χ2n) is 8.22. The number of hydrogen-bond donors (Lipinski definition) is 3. The number of phenols is 3. The molecular formula is C27H33O10P. The van der Waals surface area contributed by atoms with E-state index < -0.39 is 7.82 Å². The lowest BCUT2D eigenvalue weighted by atomic mass is 10.1. The van der Waals surface area contributed by atoms with Gasteiger partial charge in [0.25, 0.3) is 0 Å². The van der Waals surface area contributed by atoms with Crippen LogP contribution in [0.15, 0.2) is 54.6 Å². The van der Waals surface area contributed by atoms with Gasteiger partial charge >= 0.3 is 7.82 Å². The van der Waals surface area contributed by atoms with Gasteiger partial charge in [-0.2, -0.15) is 0 Å². The maximum Gasteiger partial charge on any atom is 0.474 e. The summed E-state index contributed by atoms with van der Waals surface area (Å²) in [5.41, 5.74) is 2.41. The van der Waals surface area contributed by atoms with Crippen LogP contribution < -0.4 is 14.2 Å². The van der Waals surface area contributed by atoms with Crippen LogP contribution in [0.2, 0.25) is 0 Å². The first-order valence-electron chi connectivity index (χ1n) is 11.9. The molecule has 0 saturated carbocycles. The minimum Gasteiger partial charge on any atom is -0.504 e. The molecule has 0 radical (unpaired) electrons. The highest BCUT2D eigenvalue weighted by Crippen LogP contribution is 2.49. The molecule has 0 aliphatic rings. The van der Waals surface area contributed by atoms with Crippen LogP contribution in [0.5, 0.6) is 34.5 Å². The summed E-state index contributed by atoms with van der Waals surface area (Å²) in [7, 11) is 0.414. The zero-order chi connectivity index (χ0) is 27.5. The van der Waals surface area contributed by atoms with Crippen molar-refractivity contribution in [3.05, 3.63) is 71.3 Å². The lowest BCUT2D eigenvalue weighted by Crippen LogP contribution is -2.08. The molecule has 0 unspecified atom stereocenters. The number of methoxy groups -OCH3 is 3. The summed E-state index contributed by atoms with van der Waals surface area (Å²) in [4.78, 5) is 0. The second-order valence-corrected chi connectivity index (χ2v) is 9.88. The first kappa shape index (κ1) is 29.1. The third-order valence-corrected chi connectivity index (χ3v) is 7.15. The molecule has 3 aromatic rings. The fourth-order valence-corrected chi connectivity index (χ4v) is 4.74. The standard InChI is InChI=1S/C27H33O10P/c1-32-25-16-19(4-7-22(25)28)10-13-35-38(31,36-14-11-20-5-8-23(29)26(17-20)33-2)37-15-12-21-6-9-24(30)27(18-21)34-3/h4-9,16-18,28-30H,10-15H2,1-3H3. The van der Waals surface area contributed by atoms with E-state index in [2.05, 4.69) is 0 Å². The van der Waals surface area contributed by atoms with Gasteiger partial charge < -0.3 is 29.5 Å². The van der Waals surface area contributed by atoms with E-state index in [1.807, 2.05) is 0 Å². The largest absolute Gasteiger partial charge is 0.504 e. The van der Waals surface area contributed by atoms with Crippen LogP contribution in [-0.4, -0.2) is 56.5 Å². The van der Waals surface area contributed by atoms with Gasteiger partial charge in [0, 0.05) is 0 Å². The zero-order valence-electron chi connectivity index (χ0n) is 21.6. The summed E-state index contributed by atoms with van der Waals surface area (Å²) < 4.78 is 45.7. The molecule has 0 amide bonds. The van der Waals surface area contributed by atoms with E-state index in [9.17, 15) is 19.9 Å². The molecule has 3 N–H and O–H groups in total. The molecule has 38 heavy (non-hydrogen) atoms. The molecule has 0 aliphatic heterocycles. The summed E-state index contributed by atoms with van der Waals surface area (Å²) in [6, 6.07) is 14.7. The number of benzene rings is 3. The van der Waals surface area contributed by atoms with E-state index in [0.29, 0.717) is 36.5 Å². The highest BCUT2D eigenvalue weighted by Gasteiger charge is 2.27. The van der Waals surface area contributed by atoms with Crippen LogP contribution >= 0.6 is 7.82 Å². The molecule has 0 atom stereocenters. The molecule has 0 fully saturated rings. The SMILES string of the molecule is COc1cc(CCOP(=O)(OCCc2ccc(O)c(OC)c2)OCCc2ccc(O)c(OC)c2)ccc1O. The number of rotatable bonds is 15. The monoisotopic (exact) mass is 548 g/mol. The zero-order valence-corrected chi connectivity index (χ0v) is 22.5. The van der Waals surface area contributed by atoms with Crippen LogP contribution in [0.25, 0.3) is 0 Å². The van der Waals surface area contributed by atoms with Gasteiger partial charge in [0.15, 0.2) is 34.5 Å². The molecule has 0 aliphatic carbocycles. The van der Waals surface area contributed by atoms with Gasteiger partial charge in [0.2, 0.25) is 0 Å². The van der Waals surface area contributed by atoms with Gasteiger partial charge in [0.1, 0.15) is 0 Å². The molecule has 11 heteroatoms. The fraction of sp³-hybridized carbons (Fsp3) is 0.333. The summed E-state index contributed by atoms with van der Waals surface area (Å²) in [6.45, 7) is 0.0990. The Labute approximate surface area is 221 Å². The quantitative estimate of drug-likeness (QED) is 0.223. The van der Waals surface area contributed by atoms with E-state index in [-0.39, 0.29) is 37.1 Å². The Morgan fingerprint density at radius 1 is 0.553 bits per heavy atom. The summed E-state index contributed by atoms with van der Waals surface area (Å²) in [5.74, 6) is 1.04. The maximum absolute atomic E-state index is 13.5. The predicted octanol–water partition coefficient (Wildman–Crippen LogP) is 5.02. The van der Waals surface area contributed by atoms with Crippen LogP contribution in [0.1, 0.15) is 16.7 Å². The van der Waals surface area contributed by atoms with E-state index >= 15 is 0 Å². The molecule has 10 nitrogen and oxygen atoms in total. The summed E-state index contributed by atoms with van der Waals surface area (Å²) in [6.07, 6.45) is 1.12. The third kappa shape index (κ3) is 8.29. The predicted molar refractivity (Wildman–Crippen MR) is 141 cm³/mol. The van der Waals surface area contributed by atoms with Crippen molar-refractivity contribution in [1.29, 1.82) is 0 Å². The van der Waals surface area contributed by atoms with Crippen molar-refractivity contribution in [3.63, 3.8) is 0 Å². The van der Waals surface area contributed by atoms with Gasteiger partial charge in [-0.15, -0.1) is 0 Å². The number of phosphoric ester groups is 1. The third-order valence-electron chi connectivity index (χ3n) is 5.65. The Morgan fingerprint density at radius 2 is 0.842 bits per heavy atom. The first-order chi connectivity index (χ1) is 18.3. The highest BCUT2D eigenvalue weighted by molar-refractivity contribution is 7.48. The molecular weight excluding hydrogens is 515 g/mol. The fourth-order valence-electron chi connectivity index (χ4n) is 3.57. The normalized spacial score (nSPS) is 11.3. The number of ether oxygens (including phenoxy) is 3. The average Bonchev–Trinajstić information content (AvgIpc) is 2.91. The van der Waals surface area contributed by atoms with Crippen molar-refractivity contribution in [2.24, 2.45) is 0 Å². The molecule has 3 rings (SSSR count). The minimum atomic E-state index is -3.96. The van der Waals surface area contributed by atoms with Crippen molar-refractivity contribution in [2.45, 2.75) is 19.3 Å². The number of phosphoric acid groups is 1. The molecule has 206 valence electrons. The Bertz CT molecular complexity index is 1100. The smallest absolute Gasteiger partial charge is 0.474 e. The lowest BCUT2D eigenvalue weighted by Gasteiger charge is -2.19. The van der Waals surface area contributed by atoms with Crippen LogP contribution in [-0.2, 0) is 37.4 Å². The molecule has 0 saturated heterocycles. The van der Waals surface area contributed by atoms with Gasteiger partial charge in [-0.25, -0.2) is 4.57 Å². The minimum absolute atomic E-state index is 0.0197. The molecule has 0 heterocycles. The molecule has 3 aromatic carbocycles. The van der Waals surface area contributed by atoms with Gasteiger partial charge in [-0.05, 0) is 72.4 Å². The maximum atomic E-state index is 13.5. The van der Waals surface area contributed by atoms with E-state index in [1.165, 1.54) is 39.5 Å².